The molecule has 0 radical (unpaired) electrons. The largest absolute Gasteiger partial charge is 0.340 e. The van der Waals surface area contributed by atoms with Crippen LogP contribution in [0.4, 0.5) is 11.5 Å². The van der Waals surface area contributed by atoms with Gasteiger partial charge in [0, 0.05) is 15.5 Å². The molecule has 88 valence electrons. The minimum atomic E-state index is 0.857. The number of para-hydroxylation sites is 1. The number of nitrogens with zero attached hydrogens (tertiary/aromatic N) is 1. The van der Waals surface area contributed by atoms with Gasteiger partial charge in [-0.15, -0.1) is 0 Å². The highest BCUT2D eigenvalue weighted by atomic mass is 79.9. The third-order valence-corrected chi connectivity index (χ3v) is 3.19. The van der Waals surface area contributed by atoms with E-state index in [-0.39, 0.29) is 0 Å². The van der Waals surface area contributed by atoms with Crippen molar-refractivity contribution in [2.45, 2.75) is 0 Å². The SMILES string of the molecule is Brc1ccc2nc(Nc3ccccc3)ccc2c1. The number of benzene rings is 2. The molecule has 0 unspecified atom stereocenters. The Morgan fingerprint density at radius 2 is 1.72 bits per heavy atom. The summed E-state index contributed by atoms with van der Waals surface area (Å²) >= 11 is 3.46. The predicted octanol–water partition coefficient (Wildman–Crippen LogP) is 4.74. The van der Waals surface area contributed by atoms with Crippen LogP contribution in [0.5, 0.6) is 0 Å². The van der Waals surface area contributed by atoms with E-state index in [2.05, 4.69) is 38.4 Å². The number of aromatic nitrogens is 1. The molecule has 0 spiro atoms. The molecular formula is C15H11BrN2. The predicted molar refractivity (Wildman–Crippen MR) is 79.2 cm³/mol. The van der Waals surface area contributed by atoms with Crippen LogP contribution in [0.3, 0.4) is 0 Å². The number of halogens is 1. The first-order valence-electron chi connectivity index (χ1n) is 5.70. The number of pyridine rings is 1. The van der Waals surface area contributed by atoms with Crippen LogP contribution < -0.4 is 5.32 Å². The van der Waals surface area contributed by atoms with Crippen LogP contribution in [0.1, 0.15) is 0 Å². The Labute approximate surface area is 114 Å². The number of hydrogen-bond donors (Lipinski definition) is 1. The van der Waals surface area contributed by atoms with E-state index in [1.807, 2.05) is 48.5 Å². The van der Waals surface area contributed by atoms with Crippen molar-refractivity contribution in [3.63, 3.8) is 0 Å². The highest BCUT2D eigenvalue weighted by Gasteiger charge is 1.99. The van der Waals surface area contributed by atoms with Crippen LogP contribution in [-0.2, 0) is 0 Å². The molecule has 3 heteroatoms. The molecule has 1 heterocycles. The van der Waals surface area contributed by atoms with Gasteiger partial charge < -0.3 is 5.32 Å². The van der Waals surface area contributed by atoms with E-state index in [9.17, 15) is 0 Å². The minimum absolute atomic E-state index is 0.857. The Morgan fingerprint density at radius 1 is 0.889 bits per heavy atom. The van der Waals surface area contributed by atoms with E-state index < -0.39 is 0 Å². The maximum Gasteiger partial charge on any atom is 0.131 e. The van der Waals surface area contributed by atoms with E-state index >= 15 is 0 Å². The van der Waals surface area contributed by atoms with Gasteiger partial charge in [0.1, 0.15) is 5.82 Å². The van der Waals surface area contributed by atoms with Crippen LogP contribution in [-0.4, -0.2) is 4.98 Å². The van der Waals surface area contributed by atoms with Crippen molar-refractivity contribution in [2.24, 2.45) is 0 Å². The van der Waals surface area contributed by atoms with Gasteiger partial charge >= 0.3 is 0 Å². The van der Waals surface area contributed by atoms with Gasteiger partial charge in [-0.3, -0.25) is 0 Å². The Balaban J connectivity index is 1.96. The quantitative estimate of drug-likeness (QED) is 0.739. The van der Waals surface area contributed by atoms with Gasteiger partial charge in [0.05, 0.1) is 5.52 Å². The smallest absolute Gasteiger partial charge is 0.131 e. The number of nitrogens with one attached hydrogen (secondary N) is 1. The van der Waals surface area contributed by atoms with Gasteiger partial charge in [-0.25, -0.2) is 4.98 Å². The highest BCUT2D eigenvalue weighted by molar-refractivity contribution is 9.10. The molecule has 18 heavy (non-hydrogen) atoms. The zero-order valence-electron chi connectivity index (χ0n) is 9.60. The molecule has 3 rings (SSSR count). The second-order valence-electron chi connectivity index (χ2n) is 4.02. The molecule has 3 aromatic rings. The summed E-state index contributed by atoms with van der Waals surface area (Å²) in [6.45, 7) is 0. The molecule has 0 saturated carbocycles. The summed E-state index contributed by atoms with van der Waals surface area (Å²) in [5.74, 6) is 0.857. The van der Waals surface area contributed by atoms with E-state index in [1.54, 1.807) is 0 Å². The summed E-state index contributed by atoms with van der Waals surface area (Å²) in [4.78, 5) is 4.58. The zero-order valence-corrected chi connectivity index (χ0v) is 11.2. The molecule has 0 saturated heterocycles. The lowest BCUT2D eigenvalue weighted by Crippen LogP contribution is -1.93. The van der Waals surface area contributed by atoms with Gasteiger partial charge in [-0.05, 0) is 42.5 Å². The van der Waals surface area contributed by atoms with E-state index in [4.69, 9.17) is 0 Å². The fraction of sp³-hybridized carbons (Fsp3) is 0. The molecule has 0 aliphatic carbocycles. The molecule has 0 aliphatic rings. The summed E-state index contributed by atoms with van der Waals surface area (Å²) < 4.78 is 1.07. The summed E-state index contributed by atoms with van der Waals surface area (Å²) in [5, 5.41) is 4.42. The van der Waals surface area contributed by atoms with Crippen LogP contribution in [0.2, 0.25) is 0 Å². The van der Waals surface area contributed by atoms with Gasteiger partial charge in [0.2, 0.25) is 0 Å². The Morgan fingerprint density at radius 3 is 2.56 bits per heavy atom. The lowest BCUT2D eigenvalue weighted by Gasteiger charge is -2.06. The Kier molecular flexibility index (Phi) is 2.99. The van der Waals surface area contributed by atoms with Crippen LogP contribution in [0.25, 0.3) is 10.9 Å². The lowest BCUT2D eigenvalue weighted by molar-refractivity contribution is 1.37. The average Bonchev–Trinajstić information content (AvgIpc) is 2.40. The summed E-state index contributed by atoms with van der Waals surface area (Å²) in [7, 11) is 0. The first-order chi connectivity index (χ1) is 8.81. The number of rotatable bonds is 2. The molecule has 0 atom stereocenters. The topological polar surface area (TPSA) is 24.9 Å². The average molecular weight is 299 g/mol. The maximum atomic E-state index is 4.58. The molecule has 0 aliphatic heterocycles. The fourth-order valence-electron chi connectivity index (χ4n) is 1.84. The van der Waals surface area contributed by atoms with E-state index in [1.165, 1.54) is 0 Å². The van der Waals surface area contributed by atoms with Crippen molar-refractivity contribution >= 4 is 38.3 Å². The summed E-state index contributed by atoms with van der Waals surface area (Å²) in [6, 6.07) is 20.2. The van der Waals surface area contributed by atoms with Gasteiger partial charge in [0.15, 0.2) is 0 Å². The number of fused-ring (bicyclic) bond motifs is 1. The first kappa shape index (κ1) is 11.2. The first-order valence-corrected chi connectivity index (χ1v) is 6.49. The molecule has 1 N–H and O–H groups in total. The van der Waals surface area contributed by atoms with E-state index in [0.29, 0.717) is 0 Å². The van der Waals surface area contributed by atoms with Crippen molar-refractivity contribution in [3.8, 4) is 0 Å². The van der Waals surface area contributed by atoms with Crippen molar-refractivity contribution in [1.29, 1.82) is 0 Å². The third kappa shape index (κ3) is 2.36. The van der Waals surface area contributed by atoms with Gasteiger partial charge in [0.25, 0.3) is 0 Å². The van der Waals surface area contributed by atoms with E-state index in [0.717, 1.165) is 26.9 Å². The van der Waals surface area contributed by atoms with Crippen LogP contribution in [0, 0.1) is 0 Å². The second kappa shape index (κ2) is 4.78. The van der Waals surface area contributed by atoms with Crippen molar-refractivity contribution < 1.29 is 0 Å². The minimum Gasteiger partial charge on any atom is -0.340 e. The zero-order chi connectivity index (χ0) is 12.4. The van der Waals surface area contributed by atoms with Crippen molar-refractivity contribution in [2.75, 3.05) is 5.32 Å². The van der Waals surface area contributed by atoms with Gasteiger partial charge in [-0.1, -0.05) is 34.1 Å². The molecule has 2 aromatic carbocycles. The lowest BCUT2D eigenvalue weighted by atomic mass is 10.2. The van der Waals surface area contributed by atoms with Crippen molar-refractivity contribution in [1.82, 2.24) is 4.98 Å². The summed E-state index contributed by atoms with van der Waals surface area (Å²) in [6.07, 6.45) is 0. The normalized spacial score (nSPS) is 10.5. The summed E-state index contributed by atoms with van der Waals surface area (Å²) in [5.41, 5.74) is 2.03. The molecule has 0 bridgehead atoms. The van der Waals surface area contributed by atoms with Crippen molar-refractivity contribution in [3.05, 3.63) is 65.1 Å². The van der Waals surface area contributed by atoms with Gasteiger partial charge in [-0.2, -0.15) is 0 Å². The maximum absolute atomic E-state index is 4.58. The standard InChI is InChI=1S/C15H11BrN2/c16-12-7-8-14-11(10-12)6-9-15(18-14)17-13-4-2-1-3-5-13/h1-10H,(H,17,18). The fourth-order valence-corrected chi connectivity index (χ4v) is 2.21. The molecule has 2 nitrogen and oxygen atoms in total. The Hall–Kier alpha value is -1.87. The third-order valence-electron chi connectivity index (χ3n) is 2.70. The number of hydrogen-bond acceptors (Lipinski definition) is 2. The molecular weight excluding hydrogens is 288 g/mol. The van der Waals surface area contributed by atoms with Crippen LogP contribution in [0.15, 0.2) is 65.1 Å². The Bertz CT molecular complexity index is 680. The molecule has 1 aromatic heterocycles. The number of anilines is 2. The molecule has 0 amide bonds. The molecule has 0 fully saturated rings. The highest BCUT2D eigenvalue weighted by Crippen LogP contribution is 2.21. The van der Waals surface area contributed by atoms with Crippen LogP contribution >= 0.6 is 15.9 Å². The second-order valence-corrected chi connectivity index (χ2v) is 4.94. The monoisotopic (exact) mass is 298 g/mol.